The summed E-state index contributed by atoms with van der Waals surface area (Å²) in [7, 11) is 1.60. The lowest BCUT2D eigenvalue weighted by atomic mass is 10.00. The summed E-state index contributed by atoms with van der Waals surface area (Å²) in [5.74, 6) is 0.0761. The number of aryl methyl sites for hydroxylation is 3. The summed E-state index contributed by atoms with van der Waals surface area (Å²) in [6.07, 6.45) is 5.13. The maximum absolute atomic E-state index is 13.7. The van der Waals surface area contributed by atoms with E-state index in [1.807, 2.05) is 68.9 Å². The van der Waals surface area contributed by atoms with Crippen molar-refractivity contribution in [2.45, 2.75) is 79.6 Å². The minimum atomic E-state index is -0.299. The van der Waals surface area contributed by atoms with Crippen molar-refractivity contribution in [3.05, 3.63) is 106 Å². The standard InChI is InChI=1S/C40H44N6O5.C2H6/c1-5-35-33(37(44-31-12-14-51-15-13-31)34-23-43-46(6-2)38(34)45-35)22-42-40(49)30-17-25(3)16-29(20-30)39(48)41-21-26-10-11-36(50-4)32(19-26)28-9-7-8-27(18-28)24-47;1-2/h7-11,16-20,23-24,31H,5-6,12-15,21-22H2,1-4H3,(H,41,48)(H,42,49)(H,44,45);1-2H3. The summed E-state index contributed by atoms with van der Waals surface area (Å²) in [5.41, 5.74) is 8.25. The molecule has 0 radical (unpaired) electrons. The monoisotopic (exact) mass is 718 g/mol. The number of nitrogens with zero attached hydrogens (tertiary/aromatic N) is 3. The number of amides is 2. The molecular formula is C42H50N6O5. The molecule has 0 bridgehead atoms. The zero-order chi connectivity index (χ0) is 37.9. The number of pyridine rings is 1. The van der Waals surface area contributed by atoms with E-state index in [-0.39, 0.29) is 30.9 Å². The Labute approximate surface area is 311 Å². The lowest BCUT2D eigenvalue weighted by Gasteiger charge is -2.26. The van der Waals surface area contributed by atoms with Crippen molar-refractivity contribution >= 4 is 34.8 Å². The zero-order valence-corrected chi connectivity index (χ0v) is 31.5. The van der Waals surface area contributed by atoms with Crippen molar-refractivity contribution in [1.29, 1.82) is 0 Å². The largest absolute Gasteiger partial charge is 0.496 e. The van der Waals surface area contributed by atoms with E-state index in [9.17, 15) is 14.4 Å². The molecule has 53 heavy (non-hydrogen) atoms. The highest BCUT2D eigenvalue weighted by atomic mass is 16.5. The van der Waals surface area contributed by atoms with E-state index in [0.29, 0.717) is 48.6 Å². The number of carbonyl (C=O) groups is 3. The van der Waals surface area contributed by atoms with Crippen molar-refractivity contribution in [3.63, 3.8) is 0 Å². The molecule has 1 aliphatic rings. The predicted molar refractivity (Wildman–Crippen MR) is 209 cm³/mol. The van der Waals surface area contributed by atoms with Crippen molar-refractivity contribution < 1.29 is 23.9 Å². The molecule has 1 fully saturated rings. The fourth-order valence-electron chi connectivity index (χ4n) is 6.57. The lowest BCUT2D eigenvalue weighted by molar-refractivity contribution is 0.0904. The molecule has 1 saturated heterocycles. The molecule has 0 saturated carbocycles. The number of hydrogen-bond donors (Lipinski definition) is 3. The molecule has 11 nitrogen and oxygen atoms in total. The van der Waals surface area contributed by atoms with E-state index in [1.165, 1.54) is 0 Å². The summed E-state index contributed by atoms with van der Waals surface area (Å²) >= 11 is 0. The first kappa shape index (κ1) is 38.7. The highest BCUT2D eigenvalue weighted by Gasteiger charge is 2.22. The Hall–Kier alpha value is -5.55. The highest BCUT2D eigenvalue weighted by molar-refractivity contribution is 6.00. The van der Waals surface area contributed by atoms with Crippen LogP contribution in [0.1, 0.15) is 94.0 Å². The number of fused-ring (bicyclic) bond motifs is 1. The maximum atomic E-state index is 13.7. The van der Waals surface area contributed by atoms with E-state index in [4.69, 9.17) is 14.5 Å². The van der Waals surface area contributed by atoms with E-state index in [0.717, 1.165) is 69.4 Å². The number of ether oxygens (including phenoxy) is 2. The van der Waals surface area contributed by atoms with Crippen LogP contribution in [-0.2, 0) is 30.8 Å². The molecule has 11 heteroatoms. The van der Waals surface area contributed by atoms with Gasteiger partial charge in [-0.2, -0.15) is 5.10 Å². The molecule has 3 heterocycles. The van der Waals surface area contributed by atoms with Gasteiger partial charge in [-0.25, -0.2) is 9.67 Å². The number of hydrogen-bond acceptors (Lipinski definition) is 8. The van der Waals surface area contributed by atoms with Crippen molar-refractivity contribution in [2.24, 2.45) is 0 Å². The van der Waals surface area contributed by atoms with E-state index < -0.39 is 0 Å². The van der Waals surface area contributed by atoms with Gasteiger partial charge in [0.15, 0.2) is 5.65 Å². The third-order valence-electron chi connectivity index (χ3n) is 9.25. The van der Waals surface area contributed by atoms with Gasteiger partial charge in [0.2, 0.25) is 0 Å². The van der Waals surface area contributed by atoms with Crippen LogP contribution >= 0.6 is 0 Å². The van der Waals surface area contributed by atoms with Gasteiger partial charge in [0.05, 0.1) is 24.4 Å². The third-order valence-corrected chi connectivity index (χ3v) is 9.25. The van der Waals surface area contributed by atoms with Crippen LogP contribution in [0.4, 0.5) is 5.69 Å². The van der Waals surface area contributed by atoms with Gasteiger partial charge >= 0.3 is 0 Å². The molecule has 2 amide bonds. The molecule has 3 N–H and O–H groups in total. The fourth-order valence-corrected chi connectivity index (χ4v) is 6.57. The van der Waals surface area contributed by atoms with Crippen molar-refractivity contribution in [1.82, 2.24) is 25.4 Å². The second-order valence-electron chi connectivity index (χ2n) is 12.7. The molecule has 1 aliphatic heterocycles. The van der Waals surface area contributed by atoms with Crippen LogP contribution in [0.15, 0.2) is 66.9 Å². The number of rotatable bonds is 13. The number of anilines is 1. The SMILES string of the molecule is CC.CCc1nc2c(cnn2CC)c(NC2CCOCC2)c1CNC(=O)c1cc(C)cc(C(=O)NCc2ccc(OC)c(-c3cccc(C=O)c3)c2)c1. The molecule has 0 spiro atoms. The van der Waals surface area contributed by atoms with Crippen LogP contribution < -0.4 is 20.7 Å². The van der Waals surface area contributed by atoms with Gasteiger partial charge in [-0.3, -0.25) is 14.4 Å². The molecule has 0 unspecified atom stereocenters. The lowest BCUT2D eigenvalue weighted by Crippen LogP contribution is -2.30. The smallest absolute Gasteiger partial charge is 0.251 e. The minimum Gasteiger partial charge on any atom is -0.496 e. The molecular weight excluding hydrogens is 668 g/mol. The van der Waals surface area contributed by atoms with E-state index in [1.54, 1.807) is 37.4 Å². The van der Waals surface area contributed by atoms with Gasteiger partial charge in [-0.1, -0.05) is 45.0 Å². The van der Waals surface area contributed by atoms with Crippen molar-refractivity contribution in [3.8, 4) is 16.9 Å². The molecule has 278 valence electrons. The van der Waals surface area contributed by atoms with Gasteiger partial charge in [0.25, 0.3) is 11.8 Å². The van der Waals surface area contributed by atoms with Gasteiger partial charge < -0.3 is 25.4 Å². The number of carbonyl (C=O) groups excluding carboxylic acids is 3. The van der Waals surface area contributed by atoms with Crippen LogP contribution in [-0.4, -0.2) is 59.2 Å². The number of methoxy groups -OCH3 is 1. The predicted octanol–water partition coefficient (Wildman–Crippen LogP) is 7.29. The Bertz CT molecular complexity index is 2070. The maximum Gasteiger partial charge on any atom is 0.251 e. The fraction of sp³-hybridized carbons (Fsp3) is 0.357. The third kappa shape index (κ3) is 9.10. The molecule has 6 rings (SSSR count). The summed E-state index contributed by atoms with van der Waals surface area (Å²) in [4.78, 5) is 43.4. The Morgan fingerprint density at radius 1 is 0.962 bits per heavy atom. The van der Waals surface area contributed by atoms with Crippen LogP contribution in [0.5, 0.6) is 5.75 Å². The highest BCUT2D eigenvalue weighted by Crippen LogP contribution is 2.33. The van der Waals surface area contributed by atoms with Crippen LogP contribution in [0.25, 0.3) is 22.2 Å². The number of aromatic nitrogens is 3. The van der Waals surface area contributed by atoms with Gasteiger partial charge in [-0.15, -0.1) is 0 Å². The summed E-state index contributed by atoms with van der Waals surface area (Å²) in [6, 6.07) is 18.4. The zero-order valence-electron chi connectivity index (χ0n) is 31.5. The topological polar surface area (TPSA) is 136 Å². The normalized spacial score (nSPS) is 12.8. The average Bonchev–Trinajstić information content (AvgIpc) is 3.63. The number of benzene rings is 3. The molecule has 2 aromatic heterocycles. The number of nitrogens with one attached hydrogen (secondary N) is 3. The van der Waals surface area contributed by atoms with E-state index >= 15 is 0 Å². The molecule has 3 aromatic carbocycles. The average molecular weight is 719 g/mol. The molecule has 5 aromatic rings. The van der Waals surface area contributed by atoms with Crippen LogP contribution in [0.3, 0.4) is 0 Å². The Morgan fingerprint density at radius 3 is 2.34 bits per heavy atom. The summed E-state index contributed by atoms with van der Waals surface area (Å²) < 4.78 is 13.1. The Kier molecular flexibility index (Phi) is 13.3. The summed E-state index contributed by atoms with van der Waals surface area (Å²) in [5, 5.41) is 15.4. The van der Waals surface area contributed by atoms with Gasteiger partial charge in [0.1, 0.15) is 12.0 Å². The Morgan fingerprint density at radius 2 is 1.68 bits per heavy atom. The first-order valence-electron chi connectivity index (χ1n) is 18.4. The Balaban J connectivity index is 0.00000266. The molecule has 0 aliphatic carbocycles. The van der Waals surface area contributed by atoms with E-state index in [2.05, 4.69) is 28.0 Å². The van der Waals surface area contributed by atoms with Crippen LogP contribution in [0, 0.1) is 6.92 Å². The van der Waals surface area contributed by atoms with Crippen LogP contribution in [0.2, 0.25) is 0 Å². The first-order chi connectivity index (χ1) is 25.8. The van der Waals surface area contributed by atoms with Crippen molar-refractivity contribution in [2.75, 3.05) is 25.6 Å². The number of aldehydes is 1. The first-order valence-corrected chi connectivity index (χ1v) is 18.4. The quantitative estimate of drug-likeness (QED) is 0.108. The molecule has 0 atom stereocenters. The minimum absolute atomic E-state index is 0.240. The van der Waals surface area contributed by atoms with Gasteiger partial charge in [0, 0.05) is 72.4 Å². The summed E-state index contributed by atoms with van der Waals surface area (Å²) in [6.45, 7) is 12.6. The second kappa shape index (κ2) is 18.3. The second-order valence-corrected chi connectivity index (χ2v) is 12.7. The van der Waals surface area contributed by atoms with Gasteiger partial charge in [-0.05, 0) is 86.2 Å².